The van der Waals surface area contributed by atoms with Gasteiger partial charge in [0, 0.05) is 19.5 Å². The molecule has 0 aromatic heterocycles. The third-order valence-electron chi connectivity index (χ3n) is 3.90. The van der Waals surface area contributed by atoms with Crippen LogP contribution in [0.1, 0.15) is 59.3 Å². The minimum atomic E-state index is -0.683. The lowest BCUT2D eigenvalue weighted by Crippen LogP contribution is -2.52. The van der Waals surface area contributed by atoms with Crippen LogP contribution in [0.5, 0.6) is 0 Å². The van der Waals surface area contributed by atoms with E-state index in [0.29, 0.717) is 13.0 Å². The second kappa shape index (κ2) is 8.15. The molecule has 1 saturated carbocycles. The van der Waals surface area contributed by atoms with Crippen LogP contribution in [0.25, 0.3) is 0 Å². The molecule has 22 heavy (non-hydrogen) atoms. The van der Waals surface area contributed by atoms with E-state index in [9.17, 15) is 10.1 Å². The average Bonchev–Trinajstić information content (AvgIpc) is 2.44. The van der Waals surface area contributed by atoms with Crippen molar-refractivity contribution >= 4 is 5.91 Å². The van der Waals surface area contributed by atoms with Crippen molar-refractivity contribution in [2.75, 3.05) is 19.6 Å². The highest BCUT2D eigenvalue weighted by molar-refractivity contribution is 5.79. The molecule has 0 aromatic rings. The van der Waals surface area contributed by atoms with Gasteiger partial charge in [-0.15, -0.1) is 0 Å². The van der Waals surface area contributed by atoms with E-state index in [2.05, 4.69) is 38.2 Å². The topological polar surface area (TPSA) is 79.9 Å². The van der Waals surface area contributed by atoms with Crippen LogP contribution in [-0.4, -0.2) is 36.0 Å². The molecule has 0 aliphatic heterocycles. The fraction of sp³-hybridized carbons (Fsp3) is 0.824. The Bertz CT molecular complexity index is 447. The van der Waals surface area contributed by atoms with Crippen LogP contribution in [0.3, 0.4) is 0 Å². The van der Waals surface area contributed by atoms with E-state index >= 15 is 0 Å². The number of carbonyl (C=O) groups is 1. The number of hydrogen-bond donors (Lipinski definition) is 1. The van der Waals surface area contributed by atoms with Crippen molar-refractivity contribution in [2.45, 2.75) is 64.8 Å². The molecule has 1 aliphatic rings. The monoisotopic (exact) mass is 304 g/mol. The highest BCUT2D eigenvalue weighted by Crippen LogP contribution is 2.27. The Hall–Kier alpha value is -1.59. The number of nitriles is 2. The Balaban J connectivity index is 2.62. The first-order valence-electron chi connectivity index (χ1n) is 8.12. The Morgan fingerprint density at radius 1 is 1.23 bits per heavy atom. The third-order valence-corrected chi connectivity index (χ3v) is 3.90. The lowest BCUT2D eigenvalue weighted by atomic mass is 9.83. The van der Waals surface area contributed by atoms with Crippen molar-refractivity contribution in [3.05, 3.63) is 0 Å². The number of amides is 1. The van der Waals surface area contributed by atoms with Crippen molar-refractivity contribution in [2.24, 2.45) is 5.41 Å². The summed E-state index contributed by atoms with van der Waals surface area (Å²) in [6, 6.07) is 4.44. The molecule has 0 heterocycles. The predicted octanol–water partition coefficient (Wildman–Crippen LogP) is 2.59. The Morgan fingerprint density at radius 3 is 2.36 bits per heavy atom. The standard InChI is InChI=1S/C17H28N4O/c1-16(2,3)14-21(11-7-10-18)12-15(22)20-17(13-19)8-5-4-6-9-17/h4-9,11-12,14H2,1-3H3,(H,20,22). The van der Waals surface area contributed by atoms with E-state index in [0.717, 1.165) is 38.6 Å². The molecular formula is C17H28N4O. The summed E-state index contributed by atoms with van der Waals surface area (Å²) < 4.78 is 0. The molecule has 1 fully saturated rings. The average molecular weight is 304 g/mol. The normalized spacial score (nSPS) is 17.5. The first-order chi connectivity index (χ1) is 10.3. The SMILES string of the molecule is CC(C)(C)CN(CCC#N)CC(=O)NC1(C#N)CCCCC1. The van der Waals surface area contributed by atoms with Crippen molar-refractivity contribution < 1.29 is 4.79 Å². The largest absolute Gasteiger partial charge is 0.337 e. The lowest BCUT2D eigenvalue weighted by molar-refractivity contribution is -0.124. The Labute approximate surface area is 134 Å². The van der Waals surface area contributed by atoms with E-state index in [1.165, 1.54) is 0 Å². The zero-order chi connectivity index (χ0) is 16.6. The zero-order valence-electron chi connectivity index (χ0n) is 14.1. The molecular weight excluding hydrogens is 276 g/mol. The van der Waals surface area contributed by atoms with Gasteiger partial charge >= 0.3 is 0 Å². The third kappa shape index (κ3) is 6.45. The zero-order valence-corrected chi connectivity index (χ0v) is 14.1. The number of carbonyl (C=O) groups excluding carboxylic acids is 1. The number of rotatable bonds is 6. The van der Waals surface area contributed by atoms with Crippen LogP contribution in [0.15, 0.2) is 0 Å². The Morgan fingerprint density at radius 2 is 1.86 bits per heavy atom. The molecule has 122 valence electrons. The number of hydrogen-bond acceptors (Lipinski definition) is 4. The molecule has 1 N–H and O–H groups in total. The first kappa shape index (κ1) is 18.5. The van der Waals surface area contributed by atoms with E-state index in [-0.39, 0.29) is 17.9 Å². The molecule has 0 unspecified atom stereocenters. The minimum absolute atomic E-state index is 0.0630. The maximum atomic E-state index is 12.3. The van der Waals surface area contributed by atoms with Crippen LogP contribution in [0, 0.1) is 28.1 Å². The summed E-state index contributed by atoms with van der Waals surface area (Å²) in [5, 5.41) is 21.1. The fourth-order valence-electron chi connectivity index (χ4n) is 3.02. The summed E-state index contributed by atoms with van der Waals surface area (Å²) in [5.41, 5.74) is -0.620. The van der Waals surface area contributed by atoms with Crippen LogP contribution in [0.4, 0.5) is 0 Å². The fourth-order valence-corrected chi connectivity index (χ4v) is 3.02. The number of nitrogens with zero attached hydrogens (tertiary/aromatic N) is 3. The van der Waals surface area contributed by atoms with Crippen LogP contribution < -0.4 is 5.32 Å². The highest BCUT2D eigenvalue weighted by Gasteiger charge is 2.34. The van der Waals surface area contributed by atoms with Crippen molar-refractivity contribution in [1.82, 2.24) is 10.2 Å². The van der Waals surface area contributed by atoms with Crippen LogP contribution in [0.2, 0.25) is 0 Å². The molecule has 0 saturated heterocycles. The molecule has 1 aliphatic carbocycles. The van der Waals surface area contributed by atoms with Gasteiger partial charge in [0.25, 0.3) is 0 Å². The van der Waals surface area contributed by atoms with E-state index < -0.39 is 5.54 Å². The van der Waals surface area contributed by atoms with Gasteiger partial charge in [0.1, 0.15) is 5.54 Å². The number of nitrogens with one attached hydrogen (secondary N) is 1. The molecule has 0 spiro atoms. The van der Waals surface area contributed by atoms with Crippen molar-refractivity contribution in [1.29, 1.82) is 10.5 Å². The van der Waals surface area contributed by atoms with Crippen molar-refractivity contribution in [3.8, 4) is 12.1 Å². The molecule has 0 bridgehead atoms. The van der Waals surface area contributed by atoms with Crippen LogP contribution >= 0.6 is 0 Å². The summed E-state index contributed by atoms with van der Waals surface area (Å²) in [7, 11) is 0. The smallest absolute Gasteiger partial charge is 0.235 e. The Kier molecular flexibility index (Phi) is 6.84. The minimum Gasteiger partial charge on any atom is -0.337 e. The van der Waals surface area contributed by atoms with Crippen LogP contribution in [-0.2, 0) is 4.79 Å². The summed E-state index contributed by atoms with van der Waals surface area (Å²) in [6.07, 6.45) is 5.02. The quantitative estimate of drug-likeness (QED) is 0.818. The highest BCUT2D eigenvalue weighted by atomic mass is 16.2. The van der Waals surface area contributed by atoms with Gasteiger partial charge in [-0.1, -0.05) is 40.0 Å². The van der Waals surface area contributed by atoms with E-state index in [1.54, 1.807) is 0 Å². The van der Waals surface area contributed by atoms with Gasteiger partial charge in [0.05, 0.1) is 18.7 Å². The summed E-state index contributed by atoms with van der Waals surface area (Å²) in [4.78, 5) is 14.4. The second-order valence-corrected chi connectivity index (χ2v) is 7.48. The molecule has 5 nitrogen and oxygen atoms in total. The van der Waals surface area contributed by atoms with Gasteiger partial charge in [-0.05, 0) is 18.3 Å². The summed E-state index contributed by atoms with van der Waals surface area (Å²) >= 11 is 0. The predicted molar refractivity (Wildman–Crippen MR) is 85.7 cm³/mol. The first-order valence-corrected chi connectivity index (χ1v) is 8.12. The van der Waals surface area contributed by atoms with Gasteiger partial charge in [-0.3, -0.25) is 9.69 Å². The van der Waals surface area contributed by atoms with E-state index in [1.807, 2.05) is 4.90 Å². The van der Waals surface area contributed by atoms with E-state index in [4.69, 9.17) is 5.26 Å². The maximum absolute atomic E-state index is 12.3. The molecule has 0 atom stereocenters. The molecule has 5 heteroatoms. The van der Waals surface area contributed by atoms with Gasteiger partial charge in [-0.2, -0.15) is 10.5 Å². The molecule has 0 aromatic carbocycles. The maximum Gasteiger partial charge on any atom is 0.235 e. The summed E-state index contributed by atoms with van der Waals surface area (Å²) in [5.74, 6) is -0.106. The van der Waals surface area contributed by atoms with Gasteiger partial charge in [0.15, 0.2) is 0 Å². The van der Waals surface area contributed by atoms with Gasteiger partial charge < -0.3 is 5.32 Å². The molecule has 1 rings (SSSR count). The molecule has 0 radical (unpaired) electrons. The van der Waals surface area contributed by atoms with Gasteiger partial charge in [-0.25, -0.2) is 0 Å². The molecule has 1 amide bonds. The second-order valence-electron chi connectivity index (χ2n) is 7.48. The van der Waals surface area contributed by atoms with Gasteiger partial charge in [0.2, 0.25) is 5.91 Å². The summed E-state index contributed by atoms with van der Waals surface area (Å²) in [6.45, 7) is 7.93. The lowest BCUT2D eigenvalue weighted by Gasteiger charge is -2.33. The van der Waals surface area contributed by atoms with Crippen molar-refractivity contribution in [3.63, 3.8) is 0 Å².